The summed E-state index contributed by atoms with van der Waals surface area (Å²) in [7, 11) is 0. The van der Waals surface area contributed by atoms with Crippen molar-refractivity contribution in [2.45, 2.75) is 0 Å². The van der Waals surface area contributed by atoms with E-state index in [1.54, 1.807) is 23.7 Å². The first-order valence-corrected chi connectivity index (χ1v) is 7.69. The number of rotatable bonds is 2. The Balaban J connectivity index is 1.50. The summed E-state index contributed by atoms with van der Waals surface area (Å²) in [6, 6.07) is 3.86. The lowest BCUT2D eigenvalue weighted by atomic mass is 10.3. The molecule has 0 amide bonds. The molecule has 106 valence electrons. The molecule has 4 rings (SSSR count). The van der Waals surface area contributed by atoms with E-state index in [2.05, 4.69) is 29.7 Å². The molecule has 0 aliphatic carbocycles. The summed E-state index contributed by atoms with van der Waals surface area (Å²) in [5, 5.41) is 1.08. The van der Waals surface area contributed by atoms with E-state index >= 15 is 0 Å². The number of aromatic nitrogens is 4. The van der Waals surface area contributed by atoms with E-state index in [0.29, 0.717) is 0 Å². The maximum absolute atomic E-state index is 4.67. The van der Waals surface area contributed by atoms with E-state index in [1.807, 2.05) is 24.5 Å². The second-order valence-corrected chi connectivity index (χ2v) is 5.87. The summed E-state index contributed by atoms with van der Waals surface area (Å²) >= 11 is 1.73. The van der Waals surface area contributed by atoms with Crippen LogP contribution in [0.15, 0.2) is 36.9 Å². The molecule has 0 bridgehead atoms. The summed E-state index contributed by atoms with van der Waals surface area (Å²) in [5.41, 5.74) is 0.978. The van der Waals surface area contributed by atoms with Gasteiger partial charge in [-0.3, -0.25) is 4.98 Å². The highest BCUT2D eigenvalue weighted by Gasteiger charge is 2.21. The van der Waals surface area contributed by atoms with Crippen molar-refractivity contribution < 1.29 is 0 Å². The highest BCUT2D eigenvalue weighted by atomic mass is 32.1. The van der Waals surface area contributed by atoms with Crippen molar-refractivity contribution >= 4 is 32.6 Å². The number of pyridine rings is 1. The number of anilines is 2. The Morgan fingerprint density at radius 1 is 0.952 bits per heavy atom. The van der Waals surface area contributed by atoms with Crippen molar-refractivity contribution in [2.24, 2.45) is 0 Å². The Bertz CT molecular complexity index is 702. The number of piperazine rings is 1. The first-order chi connectivity index (χ1) is 10.4. The zero-order chi connectivity index (χ0) is 14.1. The maximum Gasteiger partial charge on any atom is 0.225 e. The lowest BCUT2D eigenvalue weighted by molar-refractivity contribution is 0.639. The van der Waals surface area contributed by atoms with Gasteiger partial charge in [0.15, 0.2) is 5.13 Å². The molecule has 3 aromatic heterocycles. The second-order valence-electron chi connectivity index (χ2n) is 4.86. The van der Waals surface area contributed by atoms with Gasteiger partial charge in [-0.25, -0.2) is 15.0 Å². The number of nitrogens with zero attached hydrogens (tertiary/aromatic N) is 6. The van der Waals surface area contributed by atoms with E-state index in [0.717, 1.165) is 42.8 Å². The summed E-state index contributed by atoms with van der Waals surface area (Å²) in [5.74, 6) is 0.811. The summed E-state index contributed by atoms with van der Waals surface area (Å²) in [6.07, 6.45) is 7.21. The van der Waals surface area contributed by atoms with Crippen LogP contribution < -0.4 is 9.80 Å². The minimum absolute atomic E-state index is 0.811. The second kappa shape index (κ2) is 5.25. The van der Waals surface area contributed by atoms with Gasteiger partial charge in [0.25, 0.3) is 0 Å². The summed E-state index contributed by atoms with van der Waals surface area (Å²) < 4.78 is 1.19. The van der Waals surface area contributed by atoms with Crippen LogP contribution in [0.4, 0.5) is 11.1 Å². The van der Waals surface area contributed by atoms with Crippen LogP contribution >= 0.6 is 11.3 Å². The largest absolute Gasteiger partial charge is 0.345 e. The van der Waals surface area contributed by atoms with Gasteiger partial charge >= 0.3 is 0 Å². The van der Waals surface area contributed by atoms with Crippen LogP contribution in [0, 0.1) is 0 Å². The average molecular weight is 298 g/mol. The molecule has 6 nitrogen and oxygen atoms in total. The van der Waals surface area contributed by atoms with Crippen molar-refractivity contribution in [1.82, 2.24) is 19.9 Å². The van der Waals surface area contributed by atoms with E-state index in [-0.39, 0.29) is 0 Å². The van der Waals surface area contributed by atoms with Gasteiger partial charge in [-0.2, -0.15) is 0 Å². The van der Waals surface area contributed by atoms with Crippen LogP contribution in [0.1, 0.15) is 0 Å². The van der Waals surface area contributed by atoms with Gasteiger partial charge in [0.1, 0.15) is 5.52 Å². The quantitative estimate of drug-likeness (QED) is 0.719. The van der Waals surface area contributed by atoms with Gasteiger partial charge in [0, 0.05) is 44.8 Å². The highest BCUT2D eigenvalue weighted by Crippen LogP contribution is 2.28. The standard InChI is InChI=1S/C14H14N6S/c1-3-16-13(17-4-1)19-6-8-20(9-7-19)14-18-11-10-15-5-2-12(11)21-14/h1-5,10H,6-9H2. The van der Waals surface area contributed by atoms with E-state index in [4.69, 9.17) is 0 Å². The third kappa shape index (κ3) is 2.40. The predicted molar refractivity (Wildman–Crippen MR) is 83.9 cm³/mol. The summed E-state index contributed by atoms with van der Waals surface area (Å²) in [4.78, 5) is 21.9. The van der Waals surface area contributed by atoms with E-state index in [1.165, 1.54) is 4.70 Å². The first kappa shape index (κ1) is 12.5. The zero-order valence-corrected chi connectivity index (χ0v) is 12.2. The molecule has 0 atom stereocenters. The Hall–Kier alpha value is -2.28. The maximum atomic E-state index is 4.67. The topological polar surface area (TPSA) is 58.0 Å². The fraction of sp³-hybridized carbons (Fsp3) is 0.286. The molecule has 21 heavy (non-hydrogen) atoms. The molecule has 0 aromatic carbocycles. The van der Waals surface area contributed by atoms with Gasteiger partial charge in [0.2, 0.25) is 5.95 Å². The molecule has 1 aliphatic heterocycles. The zero-order valence-electron chi connectivity index (χ0n) is 11.4. The van der Waals surface area contributed by atoms with Crippen LogP contribution in [0.3, 0.4) is 0 Å². The van der Waals surface area contributed by atoms with Crippen molar-refractivity contribution in [1.29, 1.82) is 0 Å². The van der Waals surface area contributed by atoms with E-state index < -0.39 is 0 Å². The van der Waals surface area contributed by atoms with Crippen LogP contribution in [0.25, 0.3) is 10.2 Å². The average Bonchev–Trinajstić information content (AvgIpc) is 3.00. The van der Waals surface area contributed by atoms with Crippen LogP contribution in [-0.4, -0.2) is 46.1 Å². The number of hydrogen-bond donors (Lipinski definition) is 0. The Morgan fingerprint density at radius 2 is 1.71 bits per heavy atom. The molecule has 7 heteroatoms. The van der Waals surface area contributed by atoms with Gasteiger partial charge in [-0.05, 0) is 12.1 Å². The number of thiazole rings is 1. The fourth-order valence-corrected chi connectivity index (χ4v) is 3.44. The van der Waals surface area contributed by atoms with Crippen LogP contribution in [0.5, 0.6) is 0 Å². The normalized spacial score (nSPS) is 15.6. The Labute approximate surface area is 126 Å². The molecule has 0 unspecified atom stereocenters. The monoisotopic (exact) mass is 298 g/mol. The van der Waals surface area contributed by atoms with Gasteiger partial charge < -0.3 is 9.80 Å². The van der Waals surface area contributed by atoms with Gasteiger partial charge in [-0.1, -0.05) is 11.3 Å². The minimum atomic E-state index is 0.811. The Morgan fingerprint density at radius 3 is 2.48 bits per heavy atom. The molecular weight excluding hydrogens is 284 g/mol. The molecule has 0 saturated carbocycles. The number of fused-ring (bicyclic) bond motifs is 1. The molecule has 3 aromatic rings. The SMILES string of the molecule is c1cnc(N2CCN(c3nc4cnccc4s3)CC2)nc1. The smallest absolute Gasteiger partial charge is 0.225 e. The molecule has 0 radical (unpaired) electrons. The predicted octanol–water partition coefficient (Wildman–Crippen LogP) is 1.81. The molecule has 0 N–H and O–H groups in total. The lowest BCUT2D eigenvalue weighted by Crippen LogP contribution is -2.47. The van der Waals surface area contributed by atoms with E-state index in [9.17, 15) is 0 Å². The summed E-state index contributed by atoms with van der Waals surface area (Å²) in [6.45, 7) is 3.70. The van der Waals surface area contributed by atoms with Crippen molar-refractivity contribution in [3.05, 3.63) is 36.9 Å². The van der Waals surface area contributed by atoms with Crippen molar-refractivity contribution in [3.63, 3.8) is 0 Å². The van der Waals surface area contributed by atoms with Crippen molar-refractivity contribution in [3.8, 4) is 0 Å². The fourth-order valence-electron chi connectivity index (χ4n) is 2.46. The molecule has 1 saturated heterocycles. The molecular formula is C14H14N6S. The van der Waals surface area contributed by atoms with Gasteiger partial charge in [-0.15, -0.1) is 0 Å². The molecule has 0 spiro atoms. The lowest BCUT2D eigenvalue weighted by Gasteiger charge is -2.34. The minimum Gasteiger partial charge on any atom is -0.345 e. The molecule has 1 fully saturated rings. The first-order valence-electron chi connectivity index (χ1n) is 6.87. The van der Waals surface area contributed by atoms with Crippen molar-refractivity contribution in [2.75, 3.05) is 36.0 Å². The van der Waals surface area contributed by atoms with Crippen LogP contribution in [-0.2, 0) is 0 Å². The van der Waals surface area contributed by atoms with Gasteiger partial charge in [0.05, 0.1) is 10.9 Å². The Kier molecular flexibility index (Phi) is 3.11. The number of hydrogen-bond acceptors (Lipinski definition) is 7. The third-order valence-electron chi connectivity index (χ3n) is 3.56. The molecule has 4 heterocycles. The van der Waals surface area contributed by atoms with Crippen LogP contribution in [0.2, 0.25) is 0 Å². The third-order valence-corrected chi connectivity index (χ3v) is 4.66. The molecule has 1 aliphatic rings. The highest BCUT2D eigenvalue weighted by molar-refractivity contribution is 7.22.